The lowest BCUT2D eigenvalue weighted by atomic mass is 9.95. The number of furan rings is 1. The number of hydrogen-bond donors (Lipinski definition) is 0. The molecule has 0 saturated carbocycles. The zero-order valence-corrected chi connectivity index (χ0v) is 15.7. The summed E-state index contributed by atoms with van der Waals surface area (Å²) in [6, 6.07) is 31.1. The van der Waals surface area contributed by atoms with Crippen molar-refractivity contribution in [1.82, 2.24) is 0 Å². The van der Waals surface area contributed by atoms with Crippen molar-refractivity contribution in [1.29, 1.82) is 0 Å². The molecule has 1 aromatic heterocycles. The summed E-state index contributed by atoms with van der Waals surface area (Å²) in [6.45, 7) is 0.243. The molecule has 0 aliphatic rings. The van der Waals surface area contributed by atoms with Crippen LogP contribution in [0.4, 0.5) is 0 Å². The molecule has 29 heavy (non-hydrogen) atoms. The minimum absolute atomic E-state index is 0.243. The molecule has 3 heteroatoms. The topological polar surface area (TPSA) is 39.4 Å². The number of benzene rings is 4. The third kappa shape index (κ3) is 3.17. The fraction of sp³-hybridized carbons (Fsp3) is 0.0385. The molecule has 0 unspecified atom stereocenters. The van der Waals surface area contributed by atoms with Crippen LogP contribution in [0.3, 0.4) is 0 Å². The second-order valence-corrected chi connectivity index (χ2v) is 6.88. The maximum atomic E-state index is 12.9. The van der Waals surface area contributed by atoms with E-state index in [1.807, 2.05) is 97.1 Å². The number of esters is 1. The summed E-state index contributed by atoms with van der Waals surface area (Å²) >= 11 is 0. The van der Waals surface area contributed by atoms with Gasteiger partial charge in [-0.1, -0.05) is 78.9 Å². The van der Waals surface area contributed by atoms with Gasteiger partial charge >= 0.3 is 5.97 Å². The molecule has 0 spiro atoms. The summed E-state index contributed by atoms with van der Waals surface area (Å²) in [5, 5.41) is 2.04. The van der Waals surface area contributed by atoms with Gasteiger partial charge in [-0.25, -0.2) is 4.79 Å². The molecule has 5 rings (SSSR count). The van der Waals surface area contributed by atoms with Crippen molar-refractivity contribution < 1.29 is 13.9 Å². The van der Waals surface area contributed by atoms with Gasteiger partial charge in [-0.2, -0.15) is 0 Å². The summed E-state index contributed by atoms with van der Waals surface area (Å²) in [4.78, 5) is 12.9. The molecular weight excluding hydrogens is 360 g/mol. The highest BCUT2D eigenvalue weighted by molar-refractivity contribution is 6.14. The quantitative estimate of drug-likeness (QED) is 0.330. The van der Waals surface area contributed by atoms with Crippen LogP contribution < -0.4 is 0 Å². The molecule has 4 aromatic carbocycles. The molecule has 1 heterocycles. The first-order chi connectivity index (χ1) is 14.3. The third-order valence-electron chi connectivity index (χ3n) is 5.05. The van der Waals surface area contributed by atoms with Crippen molar-refractivity contribution in [2.75, 3.05) is 0 Å². The fourth-order valence-electron chi connectivity index (χ4n) is 3.70. The van der Waals surface area contributed by atoms with E-state index in [1.165, 1.54) is 0 Å². The predicted molar refractivity (Wildman–Crippen MR) is 115 cm³/mol. The molecular formula is C26H18O3. The lowest BCUT2D eigenvalue weighted by Gasteiger charge is -2.11. The minimum Gasteiger partial charge on any atom is -0.457 e. The standard InChI is InChI=1S/C26H18O3/c27-26(28-17-18-9-2-1-3-10-18)21-12-5-4-11-19(21)20-14-8-16-24-25(20)22-13-6-7-15-23(22)29-24/h1-16H,17H2. The van der Waals surface area contributed by atoms with Gasteiger partial charge in [0.25, 0.3) is 0 Å². The van der Waals surface area contributed by atoms with E-state index in [0.29, 0.717) is 5.56 Å². The molecule has 0 aliphatic carbocycles. The molecule has 0 aliphatic heterocycles. The Kier molecular flexibility index (Phi) is 4.34. The zero-order valence-electron chi connectivity index (χ0n) is 15.7. The van der Waals surface area contributed by atoms with Gasteiger partial charge in [0.2, 0.25) is 0 Å². The number of rotatable bonds is 4. The van der Waals surface area contributed by atoms with Crippen molar-refractivity contribution in [2.45, 2.75) is 6.61 Å². The smallest absolute Gasteiger partial charge is 0.339 e. The van der Waals surface area contributed by atoms with Gasteiger partial charge in [-0.05, 0) is 34.9 Å². The van der Waals surface area contributed by atoms with E-state index in [4.69, 9.17) is 9.15 Å². The number of carbonyl (C=O) groups is 1. The van der Waals surface area contributed by atoms with Crippen LogP contribution in [-0.2, 0) is 11.3 Å². The number of para-hydroxylation sites is 1. The summed E-state index contributed by atoms with van der Waals surface area (Å²) in [5.41, 5.74) is 4.93. The van der Waals surface area contributed by atoms with Crippen LogP contribution in [0.1, 0.15) is 15.9 Å². The van der Waals surface area contributed by atoms with E-state index in [0.717, 1.165) is 38.6 Å². The van der Waals surface area contributed by atoms with Gasteiger partial charge in [0.1, 0.15) is 17.8 Å². The predicted octanol–water partition coefficient (Wildman–Crippen LogP) is 6.61. The zero-order chi connectivity index (χ0) is 19.6. The van der Waals surface area contributed by atoms with Gasteiger partial charge in [-0.3, -0.25) is 0 Å². The van der Waals surface area contributed by atoms with Gasteiger partial charge in [0.15, 0.2) is 0 Å². The largest absolute Gasteiger partial charge is 0.457 e. The summed E-state index contributed by atoms with van der Waals surface area (Å²) in [6.07, 6.45) is 0. The Labute approximate surface area is 168 Å². The highest BCUT2D eigenvalue weighted by atomic mass is 16.5. The van der Waals surface area contributed by atoms with E-state index in [9.17, 15) is 4.79 Å². The Hall–Kier alpha value is -3.85. The SMILES string of the molecule is O=C(OCc1ccccc1)c1ccccc1-c1cccc2oc3ccccc3c12. The maximum Gasteiger partial charge on any atom is 0.339 e. The lowest BCUT2D eigenvalue weighted by molar-refractivity contribution is 0.0473. The Morgan fingerprint density at radius 2 is 1.38 bits per heavy atom. The van der Waals surface area contributed by atoms with Gasteiger partial charge in [0.05, 0.1) is 5.56 Å². The molecule has 140 valence electrons. The van der Waals surface area contributed by atoms with Crippen LogP contribution in [0.15, 0.2) is 101 Å². The summed E-state index contributed by atoms with van der Waals surface area (Å²) in [7, 11) is 0. The van der Waals surface area contributed by atoms with Crippen LogP contribution in [0.5, 0.6) is 0 Å². The van der Waals surface area contributed by atoms with Crippen LogP contribution in [0.25, 0.3) is 33.1 Å². The average molecular weight is 378 g/mol. The molecule has 0 fully saturated rings. The number of carbonyl (C=O) groups excluding carboxylic acids is 1. The van der Waals surface area contributed by atoms with Crippen LogP contribution in [0, 0.1) is 0 Å². The Balaban J connectivity index is 1.59. The molecule has 0 radical (unpaired) electrons. The summed E-state index contributed by atoms with van der Waals surface area (Å²) < 4.78 is 11.6. The van der Waals surface area contributed by atoms with Crippen LogP contribution >= 0.6 is 0 Å². The molecule has 0 bridgehead atoms. The fourth-order valence-corrected chi connectivity index (χ4v) is 3.70. The van der Waals surface area contributed by atoms with E-state index < -0.39 is 0 Å². The second-order valence-electron chi connectivity index (χ2n) is 6.88. The number of fused-ring (bicyclic) bond motifs is 3. The monoisotopic (exact) mass is 378 g/mol. The average Bonchev–Trinajstić information content (AvgIpc) is 3.17. The van der Waals surface area contributed by atoms with E-state index in [1.54, 1.807) is 0 Å². The van der Waals surface area contributed by atoms with Gasteiger partial charge in [0, 0.05) is 10.8 Å². The third-order valence-corrected chi connectivity index (χ3v) is 5.05. The molecule has 0 amide bonds. The van der Waals surface area contributed by atoms with Crippen LogP contribution in [0.2, 0.25) is 0 Å². The van der Waals surface area contributed by atoms with Gasteiger partial charge in [-0.15, -0.1) is 0 Å². The van der Waals surface area contributed by atoms with Crippen molar-refractivity contribution >= 4 is 27.9 Å². The lowest BCUT2D eigenvalue weighted by Crippen LogP contribution is -2.07. The van der Waals surface area contributed by atoms with E-state index in [2.05, 4.69) is 0 Å². The number of hydrogen-bond acceptors (Lipinski definition) is 3. The minimum atomic E-state index is -0.339. The van der Waals surface area contributed by atoms with Crippen LogP contribution in [-0.4, -0.2) is 5.97 Å². The van der Waals surface area contributed by atoms with Crippen molar-refractivity contribution in [3.8, 4) is 11.1 Å². The molecule has 0 saturated heterocycles. The summed E-state index contributed by atoms with van der Waals surface area (Å²) in [5.74, 6) is -0.339. The Morgan fingerprint density at radius 1 is 0.690 bits per heavy atom. The Morgan fingerprint density at radius 3 is 2.28 bits per heavy atom. The van der Waals surface area contributed by atoms with Crippen molar-refractivity contribution in [3.05, 3.63) is 108 Å². The van der Waals surface area contributed by atoms with E-state index >= 15 is 0 Å². The normalized spacial score (nSPS) is 11.0. The maximum absolute atomic E-state index is 12.9. The first-order valence-corrected chi connectivity index (χ1v) is 9.52. The highest BCUT2D eigenvalue weighted by Crippen LogP contribution is 2.37. The first-order valence-electron chi connectivity index (χ1n) is 9.52. The molecule has 0 atom stereocenters. The molecule has 3 nitrogen and oxygen atoms in total. The first kappa shape index (κ1) is 17.3. The Bertz CT molecular complexity index is 1320. The number of ether oxygens (including phenoxy) is 1. The van der Waals surface area contributed by atoms with Crippen molar-refractivity contribution in [2.24, 2.45) is 0 Å². The van der Waals surface area contributed by atoms with Crippen molar-refractivity contribution in [3.63, 3.8) is 0 Å². The van der Waals surface area contributed by atoms with E-state index in [-0.39, 0.29) is 12.6 Å². The molecule has 0 N–H and O–H groups in total. The highest BCUT2D eigenvalue weighted by Gasteiger charge is 2.18. The van der Waals surface area contributed by atoms with Gasteiger partial charge < -0.3 is 9.15 Å². The second kappa shape index (κ2) is 7.28. The molecule has 5 aromatic rings.